The van der Waals surface area contributed by atoms with Crippen LogP contribution in [0.2, 0.25) is 0 Å². The van der Waals surface area contributed by atoms with Gasteiger partial charge in [0.2, 0.25) is 0 Å². The lowest BCUT2D eigenvalue weighted by Gasteiger charge is -2.19. The number of phosphoric acid groups is 1. The molecular weight excluding hydrogens is 760 g/mol. The molecule has 0 aromatic carbocycles. The van der Waals surface area contributed by atoms with Crippen LogP contribution in [0.1, 0.15) is 245 Å². The summed E-state index contributed by atoms with van der Waals surface area (Å²) in [6, 6.07) is 0. The van der Waals surface area contributed by atoms with Gasteiger partial charge in [0, 0.05) is 12.8 Å². The Bertz CT molecular complexity index is 1060. The molecule has 0 aliphatic heterocycles. The van der Waals surface area contributed by atoms with E-state index in [1.807, 2.05) is 0 Å². The second-order valence-electron chi connectivity index (χ2n) is 16.5. The summed E-state index contributed by atoms with van der Waals surface area (Å²) in [6.45, 7) is 5.47. The summed E-state index contributed by atoms with van der Waals surface area (Å²) in [5.74, 6) is -0.807. The predicted octanol–water partition coefficient (Wildman–Crippen LogP) is 16.0. The first kappa shape index (κ1) is 57.3. The topological polar surface area (TPSA) is 108 Å². The van der Waals surface area contributed by atoms with Gasteiger partial charge in [-0.25, -0.2) is 4.57 Å². The number of hydrogen-bond donors (Lipinski definition) is 1. The molecule has 0 aromatic rings. The number of rotatable bonds is 46. The molecule has 0 aromatic heterocycles. The van der Waals surface area contributed by atoms with Gasteiger partial charge in [-0.2, -0.15) is 0 Å². The van der Waals surface area contributed by atoms with Crippen LogP contribution in [0.4, 0.5) is 0 Å². The Hall–Kier alpha value is -1.73. The Morgan fingerprint density at radius 3 is 1.24 bits per heavy atom. The van der Waals surface area contributed by atoms with Crippen molar-refractivity contribution in [3.05, 3.63) is 36.5 Å². The van der Waals surface area contributed by atoms with Crippen molar-refractivity contribution >= 4 is 19.8 Å². The number of ether oxygens (including phenoxy) is 2. The highest BCUT2D eigenvalue weighted by Crippen LogP contribution is 2.43. The lowest BCUT2D eigenvalue weighted by molar-refractivity contribution is -0.161. The van der Waals surface area contributed by atoms with Gasteiger partial charge in [0.05, 0.1) is 13.2 Å². The van der Waals surface area contributed by atoms with E-state index < -0.39 is 26.5 Å². The Kier molecular flexibility index (Phi) is 44.4. The average molecular weight is 853 g/mol. The Labute approximate surface area is 364 Å². The third-order valence-corrected chi connectivity index (χ3v) is 11.7. The van der Waals surface area contributed by atoms with Gasteiger partial charge in [-0.3, -0.25) is 18.6 Å². The van der Waals surface area contributed by atoms with E-state index in [9.17, 15) is 19.0 Å². The van der Waals surface area contributed by atoms with Crippen LogP contribution in [0.5, 0.6) is 0 Å². The molecule has 0 aliphatic rings. The van der Waals surface area contributed by atoms with E-state index >= 15 is 0 Å². The predicted molar refractivity (Wildman–Crippen MR) is 249 cm³/mol. The minimum absolute atomic E-state index is 0.00214. The highest BCUT2D eigenvalue weighted by Gasteiger charge is 2.25. The molecule has 1 N–H and O–H groups in total. The van der Waals surface area contributed by atoms with Crippen LogP contribution in [0.3, 0.4) is 0 Å². The van der Waals surface area contributed by atoms with E-state index in [1.165, 1.54) is 148 Å². The fourth-order valence-electron chi connectivity index (χ4n) is 7.01. The highest BCUT2D eigenvalue weighted by atomic mass is 31.2. The maximum absolute atomic E-state index is 12.6. The summed E-state index contributed by atoms with van der Waals surface area (Å²) in [6.07, 6.45) is 53.5. The molecule has 9 heteroatoms. The molecule has 0 saturated heterocycles. The van der Waals surface area contributed by atoms with Crippen LogP contribution in [-0.2, 0) is 32.7 Å². The smallest absolute Gasteiger partial charge is 0.462 e. The number of carbonyl (C=O) groups excluding carboxylic acids is 2. The number of phosphoric ester groups is 1. The number of unbranched alkanes of at least 4 members (excludes halogenated alkanes) is 28. The van der Waals surface area contributed by atoms with E-state index in [4.69, 9.17) is 18.5 Å². The molecule has 2 atom stereocenters. The molecule has 8 nitrogen and oxygen atoms in total. The molecule has 0 spiro atoms. The van der Waals surface area contributed by atoms with E-state index in [0.717, 1.165) is 57.8 Å². The molecule has 346 valence electrons. The minimum Gasteiger partial charge on any atom is -0.462 e. The van der Waals surface area contributed by atoms with Crippen molar-refractivity contribution in [2.45, 2.75) is 252 Å². The zero-order chi connectivity index (χ0) is 43.2. The Morgan fingerprint density at radius 2 is 0.814 bits per heavy atom. The normalized spacial score (nSPS) is 13.5. The molecule has 59 heavy (non-hydrogen) atoms. The molecule has 0 bridgehead atoms. The van der Waals surface area contributed by atoms with Crippen molar-refractivity contribution in [1.82, 2.24) is 0 Å². The van der Waals surface area contributed by atoms with Gasteiger partial charge < -0.3 is 14.4 Å². The van der Waals surface area contributed by atoms with Crippen LogP contribution in [0.15, 0.2) is 36.5 Å². The zero-order valence-electron chi connectivity index (χ0n) is 38.7. The second-order valence-corrected chi connectivity index (χ2v) is 17.9. The second kappa shape index (κ2) is 45.8. The van der Waals surface area contributed by atoms with Crippen LogP contribution in [0, 0.1) is 0 Å². The fourth-order valence-corrected chi connectivity index (χ4v) is 7.76. The lowest BCUT2D eigenvalue weighted by atomic mass is 10.0. The molecule has 0 amide bonds. The van der Waals surface area contributed by atoms with Gasteiger partial charge in [0.15, 0.2) is 6.10 Å². The van der Waals surface area contributed by atoms with Gasteiger partial charge in [-0.05, 0) is 77.6 Å². The Balaban J connectivity index is 3.98. The van der Waals surface area contributed by atoms with Crippen molar-refractivity contribution in [3.63, 3.8) is 0 Å². The van der Waals surface area contributed by atoms with Gasteiger partial charge >= 0.3 is 19.8 Å². The van der Waals surface area contributed by atoms with E-state index in [2.05, 4.69) is 50.3 Å². The first-order valence-electron chi connectivity index (χ1n) is 24.8. The summed E-state index contributed by atoms with van der Waals surface area (Å²) in [5, 5.41) is 0. The number of hydrogen-bond acceptors (Lipinski definition) is 7. The monoisotopic (exact) mass is 853 g/mol. The van der Waals surface area contributed by atoms with Crippen LogP contribution < -0.4 is 0 Å². The van der Waals surface area contributed by atoms with Gasteiger partial charge in [0.25, 0.3) is 0 Å². The standard InChI is InChI=1S/C50H93O8P/c1-4-7-9-11-13-15-17-19-21-23-24-25-26-27-28-29-31-32-34-36-38-40-42-44-49(51)55-46-48(47-57-59(53,54)56-6-3)58-50(52)45-43-41-39-37-35-33-30-22-20-18-16-14-12-10-8-5-2/h16,18,22-24,30,48H,4-15,17,19-21,25-29,31-47H2,1-3H3,(H,53,54)/b18-16-,24-23-,30-22-. The Morgan fingerprint density at radius 1 is 0.458 bits per heavy atom. The molecule has 0 aliphatic carbocycles. The van der Waals surface area contributed by atoms with Gasteiger partial charge in [-0.15, -0.1) is 0 Å². The van der Waals surface area contributed by atoms with Crippen LogP contribution >= 0.6 is 7.82 Å². The highest BCUT2D eigenvalue weighted by molar-refractivity contribution is 7.47. The van der Waals surface area contributed by atoms with E-state index in [0.29, 0.717) is 12.8 Å². The number of esters is 2. The van der Waals surface area contributed by atoms with Gasteiger partial charge in [-0.1, -0.05) is 192 Å². The lowest BCUT2D eigenvalue weighted by Crippen LogP contribution is -2.29. The summed E-state index contributed by atoms with van der Waals surface area (Å²) >= 11 is 0. The first-order valence-corrected chi connectivity index (χ1v) is 26.3. The molecule has 0 rings (SSSR count). The average Bonchev–Trinajstić information content (AvgIpc) is 3.22. The van der Waals surface area contributed by atoms with Crippen molar-refractivity contribution in [3.8, 4) is 0 Å². The van der Waals surface area contributed by atoms with Crippen molar-refractivity contribution < 1.29 is 37.6 Å². The maximum Gasteiger partial charge on any atom is 0.472 e. The molecule has 0 heterocycles. The number of carbonyl (C=O) groups is 2. The molecule has 0 saturated carbocycles. The summed E-state index contributed by atoms with van der Waals surface area (Å²) in [5.41, 5.74) is 0. The van der Waals surface area contributed by atoms with Crippen molar-refractivity contribution in [1.29, 1.82) is 0 Å². The zero-order valence-corrected chi connectivity index (χ0v) is 39.6. The largest absolute Gasteiger partial charge is 0.472 e. The first-order chi connectivity index (χ1) is 28.8. The molecule has 0 radical (unpaired) electrons. The SMILES string of the molecule is CCCCCC/C=C\C/C=C\CCCCCCCC(=O)OC(COC(=O)CCCCCCCCCCCCC/C=C\CCCCCCCCCC)COP(=O)(O)OCC. The van der Waals surface area contributed by atoms with Crippen molar-refractivity contribution in [2.24, 2.45) is 0 Å². The molecular formula is C50H93O8P. The van der Waals surface area contributed by atoms with Crippen LogP contribution in [0.25, 0.3) is 0 Å². The van der Waals surface area contributed by atoms with Crippen LogP contribution in [-0.4, -0.2) is 42.8 Å². The van der Waals surface area contributed by atoms with E-state index in [1.54, 1.807) is 6.92 Å². The molecule has 0 fully saturated rings. The third-order valence-electron chi connectivity index (χ3n) is 10.7. The summed E-state index contributed by atoms with van der Waals surface area (Å²) < 4.78 is 32.7. The summed E-state index contributed by atoms with van der Waals surface area (Å²) in [4.78, 5) is 34.9. The third kappa shape index (κ3) is 45.6. The number of allylic oxidation sites excluding steroid dienone is 6. The van der Waals surface area contributed by atoms with E-state index in [-0.39, 0.29) is 25.6 Å². The fraction of sp³-hybridized carbons (Fsp3) is 0.840. The van der Waals surface area contributed by atoms with Crippen molar-refractivity contribution in [2.75, 3.05) is 19.8 Å². The molecule has 2 unspecified atom stereocenters. The maximum atomic E-state index is 12.6. The quantitative estimate of drug-likeness (QED) is 0.0279. The van der Waals surface area contributed by atoms with Gasteiger partial charge in [0.1, 0.15) is 6.61 Å². The summed E-state index contributed by atoms with van der Waals surface area (Å²) in [7, 11) is -4.29. The minimum atomic E-state index is -4.29.